The molecule has 38 heavy (non-hydrogen) atoms. The van der Waals surface area contributed by atoms with Crippen molar-refractivity contribution in [3.8, 4) is 16.8 Å². The van der Waals surface area contributed by atoms with Crippen LogP contribution in [0.4, 0.5) is 0 Å². The molecule has 6 rings (SSSR count). The lowest BCUT2D eigenvalue weighted by atomic mass is 10.0. The van der Waals surface area contributed by atoms with E-state index < -0.39 is 5.97 Å². The van der Waals surface area contributed by atoms with E-state index >= 15 is 0 Å². The third-order valence-corrected chi connectivity index (χ3v) is 7.97. The van der Waals surface area contributed by atoms with E-state index in [4.69, 9.17) is 5.11 Å². The summed E-state index contributed by atoms with van der Waals surface area (Å²) < 4.78 is 6.52. The van der Waals surface area contributed by atoms with Crippen LogP contribution in [0.15, 0.2) is 82.5 Å². The minimum Gasteiger partial charge on any atom is -0.478 e. The Kier molecular flexibility index (Phi) is 6.21. The summed E-state index contributed by atoms with van der Waals surface area (Å²) >= 11 is 3.51. The summed E-state index contributed by atoms with van der Waals surface area (Å²) in [7, 11) is 1.98. The van der Waals surface area contributed by atoms with Gasteiger partial charge in [0.1, 0.15) is 10.4 Å². The third kappa shape index (κ3) is 4.25. The minimum absolute atomic E-state index is 0.0110. The van der Waals surface area contributed by atoms with Gasteiger partial charge in [-0.1, -0.05) is 24.3 Å². The van der Waals surface area contributed by atoms with Crippen LogP contribution in [-0.2, 0) is 13.6 Å². The average Bonchev–Trinajstić information content (AvgIpc) is 3.60. The maximum Gasteiger partial charge on any atom is 0.335 e. The molecule has 0 bridgehead atoms. The van der Waals surface area contributed by atoms with E-state index in [1.165, 1.54) is 0 Å². The van der Waals surface area contributed by atoms with Crippen molar-refractivity contribution in [3.63, 3.8) is 0 Å². The Labute approximate surface area is 226 Å². The summed E-state index contributed by atoms with van der Waals surface area (Å²) in [6.07, 6.45) is 4.39. The quantitative estimate of drug-likeness (QED) is 0.322. The number of imidazole rings is 2. The SMILES string of the molecule is Cn1c(Br)cnc1CN1CC[C@H](n2c(=O)n(-c3ccc(-c4ccc(C(=O)O)cc4)cc3)c3cccnc32)C1. The van der Waals surface area contributed by atoms with Crippen molar-refractivity contribution in [3.05, 3.63) is 99.5 Å². The van der Waals surface area contributed by atoms with Crippen molar-refractivity contribution < 1.29 is 9.90 Å². The van der Waals surface area contributed by atoms with Crippen LogP contribution in [0, 0.1) is 0 Å². The zero-order chi connectivity index (χ0) is 26.4. The monoisotopic (exact) mass is 572 g/mol. The van der Waals surface area contributed by atoms with Crippen molar-refractivity contribution in [2.45, 2.75) is 19.0 Å². The van der Waals surface area contributed by atoms with Crippen LogP contribution in [0.3, 0.4) is 0 Å². The van der Waals surface area contributed by atoms with E-state index in [-0.39, 0.29) is 17.3 Å². The van der Waals surface area contributed by atoms with Crippen LogP contribution in [0.1, 0.15) is 28.6 Å². The van der Waals surface area contributed by atoms with Gasteiger partial charge in [0, 0.05) is 26.3 Å². The molecule has 4 heterocycles. The summed E-state index contributed by atoms with van der Waals surface area (Å²) in [5.41, 5.74) is 4.18. The number of likely N-dealkylation sites (tertiary alicyclic amines) is 1. The van der Waals surface area contributed by atoms with Crippen molar-refractivity contribution in [2.24, 2.45) is 7.05 Å². The fourth-order valence-electron chi connectivity index (χ4n) is 5.17. The highest BCUT2D eigenvalue weighted by Gasteiger charge is 2.29. The lowest BCUT2D eigenvalue weighted by molar-refractivity contribution is 0.0697. The van der Waals surface area contributed by atoms with Gasteiger partial charge >= 0.3 is 11.7 Å². The highest BCUT2D eigenvalue weighted by Crippen LogP contribution is 2.28. The van der Waals surface area contributed by atoms with Gasteiger partial charge in [-0.2, -0.15) is 0 Å². The number of halogens is 1. The van der Waals surface area contributed by atoms with Crippen LogP contribution in [0.2, 0.25) is 0 Å². The molecule has 1 fully saturated rings. The van der Waals surface area contributed by atoms with E-state index in [0.717, 1.165) is 52.3 Å². The van der Waals surface area contributed by atoms with Gasteiger partial charge in [0.25, 0.3) is 0 Å². The van der Waals surface area contributed by atoms with Crippen LogP contribution < -0.4 is 5.69 Å². The highest BCUT2D eigenvalue weighted by atomic mass is 79.9. The predicted molar refractivity (Wildman–Crippen MR) is 148 cm³/mol. The Balaban J connectivity index is 1.31. The van der Waals surface area contributed by atoms with Crippen LogP contribution in [-0.4, -0.2) is 52.7 Å². The number of pyridine rings is 1. The zero-order valence-corrected chi connectivity index (χ0v) is 22.2. The number of benzene rings is 2. The van der Waals surface area contributed by atoms with Gasteiger partial charge in [-0.25, -0.2) is 19.6 Å². The molecular formula is C28H25BrN6O3. The number of nitrogens with zero attached hydrogens (tertiary/aromatic N) is 6. The van der Waals surface area contributed by atoms with E-state index in [2.05, 4.69) is 30.8 Å². The molecule has 1 aliphatic heterocycles. The molecule has 192 valence electrons. The third-order valence-electron chi connectivity index (χ3n) is 7.23. The number of aromatic carboxylic acids is 1. The summed E-state index contributed by atoms with van der Waals surface area (Å²) in [4.78, 5) is 36.4. The number of carboxylic acids is 1. The van der Waals surface area contributed by atoms with E-state index in [9.17, 15) is 9.59 Å². The smallest absolute Gasteiger partial charge is 0.335 e. The summed E-state index contributed by atoms with van der Waals surface area (Å²) in [6.45, 7) is 2.33. The number of carboxylic acid groups (broad SMARTS) is 1. The predicted octanol–water partition coefficient (Wildman–Crippen LogP) is 4.50. The molecule has 1 N–H and O–H groups in total. The van der Waals surface area contributed by atoms with E-state index in [1.807, 2.05) is 52.6 Å². The maximum absolute atomic E-state index is 13.8. The highest BCUT2D eigenvalue weighted by molar-refractivity contribution is 9.10. The van der Waals surface area contributed by atoms with Crippen molar-refractivity contribution in [2.75, 3.05) is 13.1 Å². The largest absolute Gasteiger partial charge is 0.478 e. The molecule has 1 aliphatic rings. The molecule has 0 aliphatic carbocycles. The Hall–Kier alpha value is -4.02. The maximum atomic E-state index is 13.8. The molecule has 3 aromatic heterocycles. The second kappa shape index (κ2) is 9.70. The lowest BCUT2D eigenvalue weighted by Crippen LogP contribution is -2.29. The molecule has 1 saturated heterocycles. The molecule has 0 unspecified atom stereocenters. The molecular weight excluding hydrogens is 548 g/mol. The number of fused-ring (bicyclic) bond motifs is 1. The average molecular weight is 573 g/mol. The first-order valence-corrected chi connectivity index (χ1v) is 13.1. The Bertz CT molecular complexity index is 1700. The fourth-order valence-corrected chi connectivity index (χ4v) is 5.48. The first kappa shape index (κ1) is 24.3. The molecule has 10 heteroatoms. The fraction of sp³-hybridized carbons (Fsp3) is 0.214. The topological polar surface area (TPSA) is 98.2 Å². The van der Waals surface area contributed by atoms with Crippen LogP contribution >= 0.6 is 15.9 Å². The lowest BCUT2D eigenvalue weighted by Gasteiger charge is -2.16. The molecule has 0 amide bonds. The van der Waals surface area contributed by atoms with Crippen molar-refractivity contribution in [1.82, 2.24) is 28.6 Å². The zero-order valence-electron chi connectivity index (χ0n) is 20.7. The van der Waals surface area contributed by atoms with Crippen molar-refractivity contribution >= 4 is 33.1 Å². The molecule has 5 aromatic rings. The van der Waals surface area contributed by atoms with Gasteiger partial charge in [0.2, 0.25) is 0 Å². The number of aromatic nitrogens is 5. The Morgan fingerprint density at radius 2 is 1.76 bits per heavy atom. The van der Waals surface area contributed by atoms with E-state index in [0.29, 0.717) is 12.2 Å². The molecule has 1 atom stereocenters. The van der Waals surface area contributed by atoms with Gasteiger partial charge in [-0.05, 0) is 69.9 Å². The van der Waals surface area contributed by atoms with Crippen LogP contribution in [0.25, 0.3) is 28.0 Å². The van der Waals surface area contributed by atoms with Gasteiger partial charge < -0.3 is 9.67 Å². The van der Waals surface area contributed by atoms with Gasteiger partial charge in [0.05, 0.1) is 35.6 Å². The second-order valence-corrected chi connectivity index (χ2v) is 10.3. The second-order valence-electron chi connectivity index (χ2n) is 9.50. The van der Waals surface area contributed by atoms with Gasteiger partial charge in [-0.15, -0.1) is 0 Å². The first-order chi connectivity index (χ1) is 18.4. The minimum atomic E-state index is -0.952. The molecule has 9 nitrogen and oxygen atoms in total. The molecule has 0 saturated carbocycles. The number of rotatable bonds is 6. The van der Waals surface area contributed by atoms with Crippen LogP contribution in [0.5, 0.6) is 0 Å². The van der Waals surface area contributed by atoms with Crippen molar-refractivity contribution in [1.29, 1.82) is 0 Å². The number of carbonyl (C=O) groups is 1. The van der Waals surface area contributed by atoms with E-state index in [1.54, 1.807) is 41.2 Å². The normalized spacial score (nSPS) is 15.9. The standard InChI is InChI=1S/C28H25BrN6O3/c1-32-24(29)15-31-25(32)17-33-14-12-22(16-33)35-26-23(3-2-13-30-26)34(28(35)38)21-10-8-19(9-11-21)18-4-6-20(7-5-18)27(36)37/h2-11,13,15,22H,12,14,16-17H2,1H3,(H,36,37)/t22-/m0/s1. The van der Waals surface area contributed by atoms with Gasteiger partial charge in [-0.3, -0.25) is 14.0 Å². The number of hydrogen-bond donors (Lipinski definition) is 1. The molecule has 2 aromatic carbocycles. The first-order valence-electron chi connectivity index (χ1n) is 12.3. The van der Waals surface area contributed by atoms with Gasteiger partial charge in [0.15, 0.2) is 5.65 Å². The molecule has 0 spiro atoms. The summed E-state index contributed by atoms with van der Waals surface area (Å²) in [6, 6.07) is 18.3. The summed E-state index contributed by atoms with van der Waals surface area (Å²) in [5, 5.41) is 9.15. The molecule has 0 radical (unpaired) electrons. The Morgan fingerprint density at radius 3 is 2.42 bits per heavy atom. The number of hydrogen-bond acceptors (Lipinski definition) is 5. The Morgan fingerprint density at radius 1 is 1.05 bits per heavy atom. The summed E-state index contributed by atoms with van der Waals surface area (Å²) in [5.74, 6) is 0.0227.